The average molecular weight is 223 g/mol. The van der Waals surface area contributed by atoms with Crippen LogP contribution in [0.3, 0.4) is 0 Å². The van der Waals surface area contributed by atoms with Crippen LogP contribution in [-0.4, -0.2) is 24.0 Å². The summed E-state index contributed by atoms with van der Waals surface area (Å²) in [7, 11) is 0. The first-order chi connectivity index (χ1) is 7.75. The second-order valence-corrected chi connectivity index (χ2v) is 6.40. The van der Waals surface area contributed by atoms with Crippen molar-refractivity contribution in [1.29, 1.82) is 0 Å². The monoisotopic (exact) mass is 223 g/mol. The summed E-state index contributed by atoms with van der Waals surface area (Å²) in [6, 6.07) is 0.964. The minimum atomic E-state index is 0.898. The molecule has 0 aromatic rings. The van der Waals surface area contributed by atoms with E-state index < -0.39 is 0 Å². The van der Waals surface area contributed by atoms with Crippen LogP contribution in [0.25, 0.3) is 0 Å². The molecule has 0 aliphatic carbocycles. The minimum absolute atomic E-state index is 0.898. The Kier molecular flexibility index (Phi) is 4.69. The zero-order valence-electron chi connectivity index (χ0n) is 11.3. The molecule has 2 atom stereocenters. The maximum Gasteiger partial charge on any atom is 0.00979 e. The SMILES string of the molecule is CC(C)CCCC1CCN2CCCCC2C1. The van der Waals surface area contributed by atoms with Crippen LogP contribution >= 0.6 is 0 Å². The van der Waals surface area contributed by atoms with Crippen molar-refractivity contribution in [1.82, 2.24) is 4.90 Å². The van der Waals surface area contributed by atoms with E-state index in [1.807, 2.05) is 0 Å². The van der Waals surface area contributed by atoms with Crippen LogP contribution < -0.4 is 0 Å². The van der Waals surface area contributed by atoms with E-state index in [1.165, 1.54) is 64.5 Å². The molecule has 2 aliphatic heterocycles. The molecule has 0 amide bonds. The summed E-state index contributed by atoms with van der Waals surface area (Å²) in [5.41, 5.74) is 0. The quantitative estimate of drug-likeness (QED) is 0.694. The van der Waals surface area contributed by atoms with Crippen molar-refractivity contribution >= 4 is 0 Å². The zero-order valence-corrected chi connectivity index (χ0v) is 11.3. The van der Waals surface area contributed by atoms with Gasteiger partial charge in [0.1, 0.15) is 0 Å². The lowest BCUT2D eigenvalue weighted by molar-refractivity contribution is 0.0750. The Bertz CT molecular complexity index is 200. The molecule has 2 aliphatic rings. The molecular formula is C15H29N. The minimum Gasteiger partial charge on any atom is -0.300 e. The highest BCUT2D eigenvalue weighted by molar-refractivity contribution is 4.84. The topological polar surface area (TPSA) is 3.24 Å². The summed E-state index contributed by atoms with van der Waals surface area (Å²) < 4.78 is 0. The standard InChI is InChI=1S/C15H29N/c1-13(2)6-5-7-14-9-11-16-10-4-3-8-15(16)12-14/h13-15H,3-12H2,1-2H3. The Morgan fingerprint density at radius 1 is 1.12 bits per heavy atom. The van der Waals surface area contributed by atoms with Crippen molar-refractivity contribution in [2.75, 3.05) is 13.1 Å². The predicted molar refractivity (Wildman–Crippen MR) is 70.6 cm³/mol. The Morgan fingerprint density at radius 2 is 2.00 bits per heavy atom. The summed E-state index contributed by atoms with van der Waals surface area (Å²) in [5.74, 6) is 1.95. The highest BCUT2D eigenvalue weighted by Gasteiger charge is 2.29. The first-order valence-electron chi connectivity index (χ1n) is 7.49. The first kappa shape index (κ1) is 12.4. The van der Waals surface area contributed by atoms with Gasteiger partial charge in [0.2, 0.25) is 0 Å². The molecular weight excluding hydrogens is 194 g/mol. The van der Waals surface area contributed by atoms with Crippen molar-refractivity contribution < 1.29 is 0 Å². The van der Waals surface area contributed by atoms with E-state index in [9.17, 15) is 0 Å². The molecule has 94 valence electrons. The largest absolute Gasteiger partial charge is 0.300 e. The molecule has 0 radical (unpaired) electrons. The van der Waals surface area contributed by atoms with E-state index >= 15 is 0 Å². The molecule has 0 saturated carbocycles. The van der Waals surface area contributed by atoms with E-state index in [0.29, 0.717) is 0 Å². The molecule has 0 aromatic heterocycles. The number of hydrogen-bond donors (Lipinski definition) is 0. The van der Waals surface area contributed by atoms with Crippen molar-refractivity contribution in [3.05, 3.63) is 0 Å². The maximum atomic E-state index is 2.77. The summed E-state index contributed by atoms with van der Waals surface area (Å²) in [6.45, 7) is 7.49. The lowest BCUT2D eigenvalue weighted by atomic mass is 9.83. The van der Waals surface area contributed by atoms with Crippen LogP contribution in [0, 0.1) is 11.8 Å². The third kappa shape index (κ3) is 3.48. The number of piperidine rings is 2. The normalized spacial score (nSPS) is 31.7. The number of rotatable bonds is 4. The molecule has 2 saturated heterocycles. The summed E-state index contributed by atoms with van der Waals surface area (Å²) in [5, 5.41) is 0. The number of nitrogens with zero attached hydrogens (tertiary/aromatic N) is 1. The fourth-order valence-corrected chi connectivity index (χ4v) is 3.55. The highest BCUT2D eigenvalue weighted by Crippen LogP contribution is 2.32. The average Bonchev–Trinajstić information content (AvgIpc) is 2.28. The van der Waals surface area contributed by atoms with Gasteiger partial charge in [-0.05, 0) is 50.6 Å². The Morgan fingerprint density at radius 3 is 2.81 bits per heavy atom. The predicted octanol–water partition coefficient (Wildman–Crippen LogP) is 4.08. The van der Waals surface area contributed by atoms with Crippen LogP contribution in [0.5, 0.6) is 0 Å². The van der Waals surface area contributed by atoms with E-state index in [1.54, 1.807) is 0 Å². The van der Waals surface area contributed by atoms with Gasteiger partial charge in [-0.2, -0.15) is 0 Å². The van der Waals surface area contributed by atoms with Gasteiger partial charge in [0.25, 0.3) is 0 Å². The lowest BCUT2D eigenvalue weighted by Crippen LogP contribution is -2.45. The van der Waals surface area contributed by atoms with Crippen LogP contribution in [0.1, 0.15) is 65.2 Å². The molecule has 0 spiro atoms. The van der Waals surface area contributed by atoms with Crippen molar-refractivity contribution in [2.45, 2.75) is 71.3 Å². The van der Waals surface area contributed by atoms with E-state index in [-0.39, 0.29) is 0 Å². The van der Waals surface area contributed by atoms with Gasteiger partial charge in [0.05, 0.1) is 0 Å². The molecule has 0 bridgehead atoms. The van der Waals surface area contributed by atoms with Crippen molar-refractivity contribution in [2.24, 2.45) is 11.8 Å². The Hall–Kier alpha value is -0.0400. The maximum absolute atomic E-state index is 2.77. The van der Waals surface area contributed by atoms with Gasteiger partial charge in [-0.25, -0.2) is 0 Å². The smallest absolute Gasteiger partial charge is 0.00979 e. The fraction of sp³-hybridized carbons (Fsp3) is 1.00. The molecule has 2 fully saturated rings. The van der Waals surface area contributed by atoms with Crippen LogP contribution in [-0.2, 0) is 0 Å². The van der Waals surface area contributed by atoms with Crippen molar-refractivity contribution in [3.8, 4) is 0 Å². The summed E-state index contributed by atoms with van der Waals surface area (Å²) >= 11 is 0. The summed E-state index contributed by atoms with van der Waals surface area (Å²) in [4.78, 5) is 2.77. The molecule has 1 nitrogen and oxygen atoms in total. The Labute approximate surface area is 102 Å². The van der Waals surface area contributed by atoms with Crippen molar-refractivity contribution in [3.63, 3.8) is 0 Å². The molecule has 2 unspecified atom stereocenters. The second kappa shape index (κ2) is 6.05. The van der Waals surface area contributed by atoms with Gasteiger partial charge < -0.3 is 4.90 Å². The molecule has 16 heavy (non-hydrogen) atoms. The van der Waals surface area contributed by atoms with E-state index in [0.717, 1.165) is 17.9 Å². The zero-order chi connectivity index (χ0) is 11.4. The first-order valence-corrected chi connectivity index (χ1v) is 7.49. The Balaban J connectivity index is 1.68. The van der Waals surface area contributed by atoms with Gasteiger partial charge >= 0.3 is 0 Å². The van der Waals surface area contributed by atoms with Gasteiger partial charge in [0, 0.05) is 6.04 Å². The molecule has 2 rings (SSSR count). The second-order valence-electron chi connectivity index (χ2n) is 6.40. The van der Waals surface area contributed by atoms with Gasteiger partial charge in [0.15, 0.2) is 0 Å². The number of hydrogen-bond acceptors (Lipinski definition) is 1. The molecule has 0 N–H and O–H groups in total. The highest BCUT2D eigenvalue weighted by atomic mass is 15.2. The molecule has 1 heteroatoms. The van der Waals surface area contributed by atoms with Crippen LogP contribution in [0.15, 0.2) is 0 Å². The van der Waals surface area contributed by atoms with Gasteiger partial charge in [-0.15, -0.1) is 0 Å². The van der Waals surface area contributed by atoms with Gasteiger partial charge in [-0.3, -0.25) is 0 Å². The lowest BCUT2D eigenvalue weighted by Gasteiger charge is -2.42. The van der Waals surface area contributed by atoms with Gasteiger partial charge in [-0.1, -0.05) is 39.5 Å². The number of fused-ring (bicyclic) bond motifs is 1. The third-order valence-electron chi connectivity index (χ3n) is 4.57. The summed E-state index contributed by atoms with van der Waals surface area (Å²) in [6.07, 6.45) is 11.8. The molecule has 0 aromatic carbocycles. The van der Waals surface area contributed by atoms with Crippen LogP contribution in [0.2, 0.25) is 0 Å². The van der Waals surface area contributed by atoms with E-state index in [2.05, 4.69) is 18.7 Å². The molecule has 2 heterocycles. The van der Waals surface area contributed by atoms with Crippen LogP contribution in [0.4, 0.5) is 0 Å². The third-order valence-corrected chi connectivity index (χ3v) is 4.57. The fourth-order valence-electron chi connectivity index (χ4n) is 3.55. The van der Waals surface area contributed by atoms with E-state index in [4.69, 9.17) is 0 Å².